The third-order valence-electron chi connectivity index (χ3n) is 3.09. The van der Waals surface area contributed by atoms with Crippen LogP contribution >= 0.6 is 12.4 Å². The highest BCUT2D eigenvalue weighted by Gasteiger charge is 2.25. The van der Waals surface area contributed by atoms with E-state index in [9.17, 15) is 9.59 Å². The van der Waals surface area contributed by atoms with E-state index < -0.39 is 6.04 Å². The van der Waals surface area contributed by atoms with Crippen molar-refractivity contribution in [2.75, 3.05) is 20.1 Å². The van der Waals surface area contributed by atoms with Gasteiger partial charge >= 0.3 is 0 Å². The Balaban J connectivity index is 0.00000289. The average Bonchev–Trinajstić information content (AvgIpc) is 3.07. The van der Waals surface area contributed by atoms with Gasteiger partial charge in [0.15, 0.2) is 0 Å². The molecular weight excluding hydrogens is 254 g/mol. The Labute approximate surface area is 115 Å². The third-order valence-corrected chi connectivity index (χ3v) is 3.09. The van der Waals surface area contributed by atoms with Crippen LogP contribution in [0.1, 0.15) is 26.7 Å². The van der Waals surface area contributed by atoms with Crippen LogP contribution in [-0.2, 0) is 9.59 Å². The summed E-state index contributed by atoms with van der Waals surface area (Å²) in [6.07, 6.45) is 2.42. The lowest BCUT2D eigenvalue weighted by Crippen LogP contribution is -2.47. The summed E-state index contributed by atoms with van der Waals surface area (Å²) in [4.78, 5) is 24.9. The minimum Gasteiger partial charge on any atom is -0.346 e. The molecule has 1 saturated carbocycles. The van der Waals surface area contributed by atoms with Gasteiger partial charge in [0.25, 0.3) is 0 Å². The molecule has 5 nitrogen and oxygen atoms in total. The Bertz CT molecular complexity index is 293. The Morgan fingerprint density at radius 2 is 1.94 bits per heavy atom. The van der Waals surface area contributed by atoms with Crippen LogP contribution in [0, 0.1) is 11.8 Å². The van der Waals surface area contributed by atoms with Crippen molar-refractivity contribution < 1.29 is 9.59 Å². The molecule has 0 heterocycles. The normalized spacial score (nSPS) is 15.8. The van der Waals surface area contributed by atoms with Gasteiger partial charge in [-0.2, -0.15) is 0 Å². The lowest BCUT2D eigenvalue weighted by Gasteiger charge is -2.19. The summed E-state index contributed by atoms with van der Waals surface area (Å²) < 4.78 is 0. The van der Waals surface area contributed by atoms with Crippen LogP contribution in [0.15, 0.2) is 0 Å². The van der Waals surface area contributed by atoms with Gasteiger partial charge < -0.3 is 16.0 Å². The van der Waals surface area contributed by atoms with E-state index in [1.54, 1.807) is 11.9 Å². The largest absolute Gasteiger partial charge is 0.346 e. The van der Waals surface area contributed by atoms with Crippen molar-refractivity contribution in [1.29, 1.82) is 0 Å². The molecule has 0 aliphatic heterocycles. The Morgan fingerprint density at radius 1 is 1.39 bits per heavy atom. The molecule has 6 heteroatoms. The molecule has 0 aromatic carbocycles. The van der Waals surface area contributed by atoms with Crippen LogP contribution in [0.5, 0.6) is 0 Å². The first kappa shape index (κ1) is 17.2. The number of nitrogens with two attached hydrogens (primary N) is 1. The van der Waals surface area contributed by atoms with Crippen molar-refractivity contribution in [2.24, 2.45) is 17.6 Å². The molecule has 1 aliphatic carbocycles. The van der Waals surface area contributed by atoms with Gasteiger partial charge in [0.2, 0.25) is 11.8 Å². The number of carbonyl (C=O) groups is 2. The summed E-state index contributed by atoms with van der Waals surface area (Å²) in [6.45, 7) is 4.60. The molecule has 3 N–H and O–H groups in total. The van der Waals surface area contributed by atoms with Gasteiger partial charge in [-0.15, -0.1) is 12.4 Å². The zero-order valence-electron chi connectivity index (χ0n) is 11.3. The van der Waals surface area contributed by atoms with Crippen molar-refractivity contribution in [1.82, 2.24) is 10.2 Å². The first-order chi connectivity index (χ1) is 7.91. The fourth-order valence-corrected chi connectivity index (χ4v) is 1.51. The van der Waals surface area contributed by atoms with E-state index in [0.717, 1.165) is 6.54 Å². The maximum Gasteiger partial charge on any atom is 0.241 e. The molecular formula is C12H24ClN3O2. The average molecular weight is 278 g/mol. The molecule has 1 rings (SSSR count). The van der Waals surface area contributed by atoms with E-state index in [2.05, 4.69) is 5.32 Å². The minimum atomic E-state index is -0.545. The number of nitrogens with one attached hydrogen (secondary N) is 1. The van der Waals surface area contributed by atoms with Crippen molar-refractivity contribution in [2.45, 2.75) is 32.7 Å². The number of hydrogen-bond donors (Lipinski definition) is 2. The van der Waals surface area contributed by atoms with Gasteiger partial charge in [0, 0.05) is 13.6 Å². The maximum absolute atomic E-state index is 11.7. The van der Waals surface area contributed by atoms with Gasteiger partial charge in [-0.3, -0.25) is 9.59 Å². The van der Waals surface area contributed by atoms with Crippen LogP contribution in [0.3, 0.4) is 0 Å². The molecule has 1 atom stereocenters. The first-order valence-corrected chi connectivity index (χ1v) is 6.19. The fourth-order valence-electron chi connectivity index (χ4n) is 1.51. The molecule has 0 bridgehead atoms. The van der Waals surface area contributed by atoms with Crippen molar-refractivity contribution in [3.8, 4) is 0 Å². The molecule has 0 unspecified atom stereocenters. The first-order valence-electron chi connectivity index (χ1n) is 6.19. The second-order valence-corrected chi connectivity index (χ2v) is 5.21. The van der Waals surface area contributed by atoms with Gasteiger partial charge in [-0.05, 0) is 24.7 Å². The smallest absolute Gasteiger partial charge is 0.241 e. The van der Waals surface area contributed by atoms with E-state index in [1.807, 2.05) is 13.8 Å². The summed E-state index contributed by atoms with van der Waals surface area (Å²) in [5.74, 6) is 0.432. The predicted octanol–water partition coefficient (Wildman–Crippen LogP) is 0.376. The number of amides is 2. The van der Waals surface area contributed by atoms with Crippen LogP contribution in [-0.4, -0.2) is 42.9 Å². The quantitative estimate of drug-likeness (QED) is 0.737. The number of hydrogen-bond acceptors (Lipinski definition) is 3. The second-order valence-electron chi connectivity index (χ2n) is 5.21. The summed E-state index contributed by atoms with van der Waals surface area (Å²) in [5, 5.41) is 2.58. The second kappa shape index (κ2) is 7.59. The third kappa shape index (κ3) is 5.69. The Morgan fingerprint density at radius 3 is 2.39 bits per heavy atom. The molecule has 0 saturated heterocycles. The van der Waals surface area contributed by atoms with E-state index in [-0.39, 0.29) is 36.7 Å². The SMILES string of the molecule is CC(C)[C@H](N)C(=O)NCC(=O)N(C)CC1CC1.Cl. The number of likely N-dealkylation sites (N-methyl/N-ethyl adjacent to an activating group) is 1. The van der Waals surface area contributed by atoms with Gasteiger partial charge in [0.05, 0.1) is 12.6 Å². The molecule has 0 aromatic heterocycles. The fraction of sp³-hybridized carbons (Fsp3) is 0.833. The number of rotatable bonds is 6. The van der Waals surface area contributed by atoms with Gasteiger partial charge in [-0.1, -0.05) is 13.8 Å². The molecule has 2 amide bonds. The molecule has 1 aliphatic rings. The summed E-state index contributed by atoms with van der Waals surface area (Å²) in [6, 6.07) is -0.545. The van der Waals surface area contributed by atoms with Crippen LogP contribution in [0.2, 0.25) is 0 Å². The Kier molecular flexibility index (Phi) is 7.25. The maximum atomic E-state index is 11.7. The number of halogens is 1. The standard InChI is InChI=1S/C12H23N3O2.ClH/c1-8(2)11(13)12(17)14-6-10(16)15(3)7-9-4-5-9;/h8-9,11H,4-7,13H2,1-3H3,(H,14,17);1H/t11-;/m0./s1. The summed E-state index contributed by atoms with van der Waals surface area (Å²) in [7, 11) is 1.77. The van der Waals surface area contributed by atoms with E-state index in [0.29, 0.717) is 5.92 Å². The molecule has 18 heavy (non-hydrogen) atoms. The van der Waals surface area contributed by atoms with Gasteiger partial charge in [0.1, 0.15) is 0 Å². The highest BCUT2D eigenvalue weighted by molar-refractivity contribution is 5.87. The highest BCUT2D eigenvalue weighted by Crippen LogP contribution is 2.29. The lowest BCUT2D eigenvalue weighted by atomic mass is 10.1. The molecule has 0 aromatic rings. The summed E-state index contributed by atoms with van der Waals surface area (Å²) in [5.41, 5.74) is 5.68. The zero-order valence-corrected chi connectivity index (χ0v) is 12.1. The summed E-state index contributed by atoms with van der Waals surface area (Å²) >= 11 is 0. The number of carbonyl (C=O) groups excluding carboxylic acids is 2. The van der Waals surface area contributed by atoms with Crippen molar-refractivity contribution in [3.05, 3.63) is 0 Å². The van der Waals surface area contributed by atoms with E-state index in [1.165, 1.54) is 12.8 Å². The molecule has 0 spiro atoms. The predicted molar refractivity (Wildman–Crippen MR) is 73.4 cm³/mol. The monoisotopic (exact) mass is 277 g/mol. The lowest BCUT2D eigenvalue weighted by molar-refractivity contribution is -0.132. The van der Waals surface area contributed by atoms with E-state index >= 15 is 0 Å². The number of nitrogens with zero attached hydrogens (tertiary/aromatic N) is 1. The minimum absolute atomic E-state index is 0. The Hall–Kier alpha value is -0.810. The zero-order chi connectivity index (χ0) is 13.0. The van der Waals surface area contributed by atoms with E-state index in [4.69, 9.17) is 5.73 Å². The van der Waals surface area contributed by atoms with Crippen LogP contribution in [0.25, 0.3) is 0 Å². The van der Waals surface area contributed by atoms with Crippen molar-refractivity contribution in [3.63, 3.8) is 0 Å². The van der Waals surface area contributed by atoms with Gasteiger partial charge in [-0.25, -0.2) is 0 Å². The highest BCUT2D eigenvalue weighted by atomic mass is 35.5. The van der Waals surface area contributed by atoms with Crippen LogP contribution < -0.4 is 11.1 Å². The molecule has 1 fully saturated rings. The van der Waals surface area contributed by atoms with Crippen molar-refractivity contribution >= 4 is 24.2 Å². The molecule has 106 valence electrons. The van der Waals surface area contributed by atoms with Crippen LogP contribution in [0.4, 0.5) is 0 Å². The molecule has 0 radical (unpaired) electrons. The topological polar surface area (TPSA) is 75.4 Å².